The number of aromatic nitrogens is 2. The molecule has 4 atom stereocenters. The van der Waals surface area contributed by atoms with Crippen molar-refractivity contribution in [2.24, 2.45) is 18.9 Å². The van der Waals surface area contributed by atoms with Gasteiger partial charge in [-0.2, -0.15) is 5.10 Å². The lowest BCUT2D eigenvalue weighted by molar-refractivity contribution is -0.117. The Morgan fingerprint density at radius 1 is 1.64 bits per heavy atom. The molecule has 3 aliphatic heterocycles. The molecule has 4 heterocycles. The molecular formula is C15H22N4O3. The van der Waals surface area contributed by atoms with Gasteiger partial charge in [-0.15, -0.1) is 0 Å². The number of aryl methyl sites for hydroxylation is 1. The standard InChI is InChI=1S/C15H22N4O3/c1-18-5-3-13(17-18)16-14(21)7-19-6-11-10(8-20)12-2-4-15(11,9-19)22-12/h3,5,10-12,20H,2,4,6-9H2,1H3,(H,16,17,21)/t10-,11+,12+,15+/m1/s1. The molecule has 1 amide bonds. The smallest absolute Gasteiger partial charge is 0.239 e. The molecular weight excluding hydrogens is 284 g/mol. The number of aliphatic hydroxyl groups excluding tert-OH is 1. The summed E-state index contributed by atoms with van der Waals surface area (Å²) in [4.78, 5) is 14.3. The average Bonchev–Trinajstić information content (AvgIpc) is 3.18. The van der Waals surface area contributed by atoms with Gasteiger partial charge in [-0.25, -0.2) is 0 Å². The Balaban J connectivity index is 1.38. The van der Waals surface area contributed by atoms with Crippen LogP contribution in [0.2, 0.25) is 0 Å². The molecule has 22 heavy (non-hydrogen) atoms. The fourth-order valence-electron chi connectivity index (χ4n) is 4.52. The third-order valence-corrected chi connectivity index (χ3v) is 5.41. The first-order valence-corrected chi connectivity index (χ1v) is 7.90. The van der Waals surface area contributed by atoms with Crippen LogP contribution < -0.4 is 5.32 Å². The molecule has 0 unspecified atom stereocenters. The Kier molecular flexibility index (Phi) is 3.25. The lowest BCUT2D eigenvalue weighted by Gasteiger charge is -2.28. The van der Waals surface area contributed by atoms with Gasteiger partial charge in [0.05, 0.1) is 18.2 Å². The number of rotatable bonds is 4. The molecule has 2 bridgehead atoms. The number of likely N-dealkylation sites (tertiary alicyclic amines) is 1. The van der Waals surface area contributed by atoms with E-state index in [2.05, 4.69) is 15.3 Å². The Morgan fingerprint density at radius 3 is 3.23 bits per heavy atom. The molecule has 120 valence electrons. The van der Waals surface area contributed by atoms with Crippen molar-refractivity contribution in [2.45, 2.75) is 24.5 Å². The first-order valence-electron chi connectivity index (χ1n) is 7.90. The number of carbonyl (C=O) groups excluding carboxylic acids is 1. The zero-order chi connectivity index (χ0) is 15.3. The summed E-state index contributed by atoms with van der Waals surface area (Å²) in [6.45, 7) is 2.16. The van der Waals surface area contributed by atoms with Crippen LogP contribution in [0.1, 0.15) is 12.8 Å². The molecule has 1 aromatic rings. The van der Waals surface area contributed by atoms with Crippen LogP contribution >= 0.6 is 0 Å². The highest BCUT2D eigenvalue weighted by Crippen LogP contribution is 2.54. The molecule has 3 aliphatic rings. The third kappa shape index (κ3) is 2.15. The molecule has 3 fully saturated rings. The predicted molar refractivity (Wildman–Crippen MR) is 79.2 cm³/mol. The van der Waals surface area contributed by atoms with Gasteiger partial charge in [-0.05, 0) is 12.8 Å². The van der Waals surface area contributed by atoms with Crippen molar-refractivity contribution >= 4 is 11.7 Å². The van der Waals surface area contributed by atoms with E-state index in [4.69, 9.17) is 4.74 Å². The lowest BCUT2D eigenvalue weighted by atomic mass is 9.74. The van der Waals surface area contributed by atoms with Crippen LogP contribution in [0.5, 0.6) is 0 Å². The summed E-state index contributed by atoms with van der Waals surface area (Å²) in [6.07, 6.45) is 4.11. The first-order chi connectivity index (χ1) is 10.6. The van der Waals surface area contributed by atoms with Gasteiger partial charge in [0.15, 0.2) is 5.82 Å². The molecule has 0 saturated carbocycles. The minimum Gasteiger partial charge on any atom is -0.396 e. The fraction of sp³-hybridized carbons (Fsp3) is 0.733. The maximum Gasteiger partial charge on any atom is 0.239 e. The van der Waals surface area contributed by atoms with E-state index >= 15 is 0 Å². The van der Waals surface area contributed by atoms with Crippen LogP contribution in [0.3, 0.4) is 0 Å². The highest BCUT2D eigenvalue weighted by Gasteiger charge is 2.62. The number of hydrogen-bond acceptors (Lipinski definition) is 5. The van der Waals surface area contributed by atoms with Gasteiger partial charge in [0.25, 0.3) is 0 Å². The minimum atomic E-state index is -0.122. The van der Waals surface area contributed by atoms with E-state index in [9.17, 15) is 9.90 Å². The summed E-state index contributed by atoms with van der Waals surface area (Å²) in [5.41, 5.74) is -0.122. The fourth-order valence-corrected chi connectivity index (χ4v) is 4.52. The van der Waals surface area contributed by atoms with Crippen LogP contribution in [0, 0.1) is 11.8 Å². The van der Waals surface area contributed by atoms with Crippen molar-refractivity contribution in [3.63, 3.8) is 0 Å². The quantitative estimate of drug-likeness (QED) is 0.807. The summed E-state index contributed by atoms with van der Waals surface area (Å²) in [6, 6.07) is 1.78. The van der Waals surface area contributed by atoms with Crippen LogP contribution in [0.4, 0.5) is 5.82 Å². The molecule has 1 aromatic heterocycles. The highest BCUT2D eigenvalue weighted by molar-refractivity contribution is 5.91. The van der Waals surface area contributed by atoms with Gasteiger partial charge in [0, 0.05) is 50.8 Å². The monoisotopic (exact) mass is 306 g/mol. The molecule has 7 nitrogen and oxygen atoms in total. The summed E-state index contributed by atoms with van der Waals surface area (Å²) in [7, 11) is 1.82. The number of ether oxygens (including phenoxy) is 1. The maximum absolute atomic E-state index is 12.2. The topological polar surface area (TPSA) is 79.6 Å². The van der Waals surface area contributed by atoms with E-state index in [1.54, 1.807) is 16.9 Å². The lowest BCUT2D eigenvalue weighted by Crippen LogP contribution is -2.38. The van der Waals surface area contributed by atoms with Gasteiger partial charge in [-0.3, -0.25) is 14.4 Å². The molecule has 3 saturated heterocycles. The first kappa shape index (κ1) is 14.2. The van der Waals surface area contributed by atoms with Crippen molar-refractivity contribution in [3.8, 4) is 0 Å². The van der Waals surface area contributed by atoms with Crippen molar-refractivity contribution in [2.75, 3.05) is 31.6 Å². The van der Waals surface area contributed by atoms with E-state index < -0.39 is 0 Å². The van der Waals surface area contributed by atoms with Crippen LogP contribution in [-0.4, -0.2) is 63.6 Å². The second kappa shape index (κ2) is 5.04. The van der Waals surface area contributed by atoms with E-state index in [-0.39, 0.29) is 30.1 Å². The molecule has 0 aromatic carbocycles. The Labute approximate surface area is 129 Å². The van der Waals surface area contributed by atoms with E-state index in [0.717, 1.165) is 25.9 Å². The second-order valence-electron chi connectivity index (χ2n) is 6.81. The van der Waals surface area contributed by atoms with Gasteiger partial charge in [-0.1, -0.05) is 0 Å². The average molecular weight is 306 g/mol. The summed E-state index contributed by atoms with van der Waals surface area (Å²) in [5.74, 6) is 1.12. The largest absolute Gasteiger partial charge is 0.396 e. The highest BCUT2D eigenvalue weighted by atomic mass is 16.5. The normalized spacial score (nSPS) is 36.7. The minimum absolute atomic E-state index is 0.0508. The number of hydrogen-bond donors (Lipinski definition) is 2. The molecule has 2 N–H and O–H groups in total. The van der Waals surface area contributed by atoms with Crippen LogP contribution in [0.15, 0.2) is 12.3 Å². The number of carbonyl (C=O) groups is 1. The number of amides is 1. The number of anilines is 1. The van der Waals surface area contributed by atoms with Crippen molar-refractivity contribution in [1.82, 2.24) is 14.7 Å². The Hall–Kier alpha value is -1.44. The van der Waals surface area contributed by atoms with E-state index in [1.165, 1.54) is 0 Å². The molecule has 0 aliphatic carbocycles. The summed E-state index contributed by atoms with van der Waals surface area (Å²) < 4.78 is 7.83. The SMILES string of the molecule is Cn1ccc(NC(=O)CN2C[C@H]3[C@@H](CO)[C@@H]4CC[C@@]3(C2)O4)n1. The van der Waals surface area contributed by atoms with Gasteiger partial charge in [0.2, 0.25) is 5.91 Å². The van der Waals surface area contributed by atoms with E-state index in [1.807, 2.05) is 7.05 Å². The predicted octanol–water partition coefficient (Wildman–Crippen LogP) is -0.170. The second-order valence-corrected chi connectivity index (χ2v) is 6.81. The van der Waals surface area contributed by atoms with Crippen molar-refractivity contribution < 1.29 is 14.6 Å². The number of aliphatic hydroxyl groups is 1. The molecule has 4 rings (SSSR count). The number of nitrogens with zero attached hydrogens (tertiary/aromatic N) is 3. The van der Waals surface area contributed by atoms with E-state index in [0.29, 0.717) is 18.3 Å². The maximum atomic E-state index is 12.2. The Morgan fingerprint density at radius 2 is 2.50 bits per heavy atom. The van der Waals surface area contributed by atoms with Crippen LogP contribution in [0.25, 0.3) is 0 Å². The van der Waals surface area contributed by atoms with Crippen molar-refractivity contribution in [1.29, 1.82) is 0 Å². The number of nitrogens with one attached hydrogen (secondary N) is 1. The van der Waals surface area contributed by atoms with Crippen molar-refractivity contribution in [3.05, 3.63) is 12.3 Å². The summed E-state index contributed by atoms with van der Waals surface area (Å²) in [5, 5.41) is 16.6. The Bertz CT molecular complexity index is 589. The summed E-state index contributed by atoms with van der Waals surface area (Å²) >= 11 is 0. The molecule has 0 radical (unpaired) electrons. The van der Waals surface area contributed by atoms with Crippen LogP contribution in [-0.2, 0) is 16.6 Å². The van der Waals surface area contributed by atoms with Gasteiger partial charge < -0.3 is 15.2 Å². The third-order valence-electron chi connectivity index (χ3n) is 5.41. The van der Waals surface area contributed by atoms with Gasteiger partial charge >= 0.3 is 0 Å². The zero-order valence-electron chi connectivity index (χ0n) is 12.7. The number of fused-ring (bicyclic) bond motifs is 1. The molecule has 7 heteroatoms. The zero-order valence-corrected chi connectivity index (χ0v) is 12.7. The van der Waals surface area contributed by atoms with Gasteiger partial charge in [0.1, 0.15) is 0 Å². The molecule has 1 spiro atoms.